The molecule has 1 aliphatic carbocycles. The highest BCUT2D eigenvalue weighted by atomic mass is 19.4. The fraction of sp³-hybridized carbons (Fsp3) is 1.00. The number of nitrogens with one attached hydrogen (secondary N) is 1. The Morgan fingerprint density at radius 3 is 2.47 bits per heavy atom. The van der Waals surface area contributed by atoms with Crippen molar-refractivity contribution in [3.05, 3.63) is 0 Å². The van der Waals surface area contributed by atoms with Crippen LogP contribution >= 0.6 is 0 Å². The van der Waals surface area contributed by atoms with E-state index in [9.17, 15) is 13.2 Å². The largest absolute Gasteiger partial charge is 0.391 e. The van der Waals surface area contributed by atoms with E-state index >= 15 is 0 Å². The van der Waals surface area contributed by atoms with Crippen molar-refractivity contribution in [3.63, 3.8) is 0 Å². The van der Waals surface area contributed by atoms with Gasteiger partial charge in [-0.25, -0.2) is 0 Å². The summed E-state index contributed by atoms with van der Waals surface area (Å²) in [5.74, 6) is -1.09. The average Bonchev–Trinajstić information content (AvgIpc) is 2.36. The van der Waals surface area contributed by atoms with Crippen molar-refractivity contribution in [1.82, 2.24) is 10.2 Å². The van der Waals surface area contributed by atoms with Gasteiger partial charge in [0.05, 0.1) is 18.6 Å². The quantitative estimate of drug-likeness (QED) is 0.856. The third-order valence-corrected chi connectivity index (χ3v) is 4.17. The van der Waals surface area contributed by atoms with Gasteiger partial charge in [0.1, 0.15) is 0 Å². The molecular formula is C13H23F3N2O. The molecule has 3 nitrogen and oxygen atoms in total. The van der Waals surface area contributed by atoms with Gasteiger partial charge >= 0.3 is 6.18 Å². The van der Waals surface area contributed by atoms with Crippen LogP contribution in [0.3, 0.4) is 0 Å². The molecule has 1 atom stereocenters. The first-order chi connectivity index (χ1) is 8.95. The first kappa shape index (κ1) is 15.1. The molecule has 0 aromatic rings. The van der Waals surface area contributed by atoms with E-state index in [1.165, 1.54) is 0 Å². The molecule has 19 heavy (non-hydrogen) atoms. The molecule has 2 aliphatic rings. The maximum atomic E-state index is 12.5. The Hall–Kier alpha value is -0.330. The molecule has 6 heteroatoms. The molecule has 2 fully saturated rings. The molecular weight excluding hydrogens is 257 g/mol. The zero-order valence-electron chi connectivity index (χ0n) is 11.4. The summed E-state index contributed by atoms with van der Waals surface area (Å²) in [6.07, 6.45) is -2.10. The first-order valence-corrected chi connectivity index (χ1v) is 7.05. The maximum absolute atomic E-state index is 12.5. The zero-order valence-corrected chi connectivity index (χ0v) is 11.4. The lowest BCUT2D eigenvalue weighted by molar-refractivity contribution is -0.182. The second-order valence-corrected chi connectivity index (χ2v) is 5.75. The highest BCUT2D eigenvalue weighted by molar-refractivity contribution is 4.82. The van der Waals surface area contributed by atoms with Crippen LogP contribution < -0.4 is 5.32 Å². The van der Waals surface area contributed by atoms with E-state index in [4.69, 9.17) is 4.74 Å². The molecule has 1 heterocycles. The van der Waals surface area contributed by atoms with Gasteiger partial charge in [0.15, 0.2) is 0 Å². The van der Waals surface area contributed by atoms with E-state index in [1.54, 1.807) is 0 Å². The summed E-state index contributed by atoms with van der Waals surface area (Å²) >= 11 is 0. The standard InChI is InChI=1S/C13H23F3N2O/c1-18-6-7-19-12(9-18)8-17-11-4-2-10(3-5-11)13(14,15)16/h10-12,17H,2-9H2,1H3. The second-order valence-electron chi connectivity index (χ2n) is 5.75. The van der Waals surface area contributed by atoms with Crippen LogP contribution in [-0.4, -0.2) is 56.5 Å². The van der Waals surface area contributed by atoms with E-state index in [0.717, 1.165) is 26.2 Å². The van der Waals surface area contributed by atoms with Crippen molar-refractivity contribution in [1.29, 1.82) is 0 Å². The lowest BCUT2D eigenvalue weighted by atomic mass is 9.85. The van der Waals surface area contributed by atoms with Crippen LogP contribution in [0, 0.1) is 5.92 Å². The molecule has 112 valence electrons. The van der Waals surface area contributed by atoms with E-state index in [-0.39, 0.29) is 25.0 Å². The molecule has 0 bridgehead atoms. The van der Waals surface area contributed by atoms with Crippen LogP contribution in [0.25, 0.3) is 0 Å². The van der Waals surface area contributed by atoms with Crippen LogP contribution in [0.15, 0.2) is 0 Å². The minimum absolute atomic E-state index is 0.166. The first-order valence-electron chi connectivity index (χ1n) is 7.05. The minimum atomic E-state index is -4.01. The van der Waals surface area contributed by atoms with E-state index in [2.05, 4.69) is 17.3 Å². The summed E-state index contributed by atoms with van der Waals surface area (Å²) in [7, 11) is 2.06. The van der Waals surface area contributed by atoms with Gasteiger partial charge in [-0.15, -0.1) is 0 Å². The average molecular weight is 280 g/mol. The van der Waals surface area contributed by atoms with Gasteiger partial charge in [-0.05, 0) is 32.7 Å². The van der Waals surface area contributed by atoms with Crippen molar-refractivity contribution in [2.75, 3.05) is 33.3 Å². The number of ether oxygens (including phenoxy) is 1. The zero-order chi connectivity index (χ0) is 13.9. The van der Waals surface area contributed by atoms with Crippen molar-refractivity contribution >= 4 is 0 Å². The van der Waals surface area contributed by atoms with Crippen molar-refractivity contribution in [3.8, 4) is 0 Å². The second kappa shape index (κ2) is 6.41. The third-order valence-electron chi connectivity index (χ3n) is 4.17. The number of rotatable bonds is 3. The van der Waals surface area contributed by atoms with Gasteiger partial charge in [-0.2, -0.15) is 13.2 Å². The highest BCUT2D eigenvalue weighted by Gasteiger charge is 2.41. The lowest BCUT2D eigenvalue weighted by Crippen LogP contribution is -2.47. The number of hydrogen-bond donors (Lipinski definition) is 1. The summed E-state index contributed by atoms with van der Waals surface area (Å²) in [6.45, 7) is 3.33. The Balaban J connectivity index is 1.66. The SMILES string of the molecule is CN1CCOC(CNC2CCC(C(F)(F)F)CC2)C1. The molecule has 1 aliphatic heterocycles. The van der Waals surface area contributed by atoms with Crippen LogP contribution in [-0.2, 0) is 4.74 Å². The molecule has 0 amide bonds. The molecule has 1 saturated heterocycles. The molecule has 1 unspecified atom stereocenters. The smallest absolute Gasteiger partial charge is 0.374 e. The van der Waals surface area contributed by atoms with Gasteiger partial charge < -0.3 is 15.0 Å². The predicted molar refractivity (Wildman–Crippen MR) is 67.0 cm³/mol. The van der Waals surface area contributed by atoms with E-state index < -0.39 is 12.1 Å². The number of nitrogens with zero attached hydrogens (tertiary/aromatic N) is 1. The Morgan fingerprint density at radius 1 is 1.21 bits per heavy atom. The molecule has 0 aromatic heterocycles. The monoisotopic (exact) mass is 280 g/mol. The fourth-order valence-electron chi connectivity index (χ4n) is 2.91. The molecule has 0 aromatic carbocycles. The van der Waals surface area contributed by atoms with E-state index in [0.29, 0.717) is 12.8 Å². The number of morpholine rings is 1. The number of halogens is 3. The Bertz CT molecular complexity index is 278. The molecule has 1 N–H and O–H groups in total. The Kier molecular flexibility index (Phi) is 5.09. The van der Waals surface area contributed by atoms with Crippen LogP contribution in [0.4, 0.5) is 13.2 Å². The van der Waals surface area contributed by atoms with Gasteiger partial charge in [-0.1, -0.05) is 0 Å². The summed E-state index contributed by atoms with van der Waals surface area (Å²) in [5.41, 5.74) is 0. The Morgan fingerprint density at radius 2 is 1.89 bits per heavy atom. The van der Waals surface area contributed by atoms with Crippen LogP contribution in [0.1, 0.15) is 25.7 Å². The maximum Gasteiger partial charge on any atom is 0.391 e. The van der Waals surface area contributed by atoms with Crippen LogP contribution in [0.5, 0.6) is 0 Å². The van der Waals surface area contributed by atoms with Gasteiger partial charge in [0.25, 0.3) is 0 Å². The highest BCUT2D eigenvalue weighted by Crippen LogP contribution is 2.37. The topological polar surface area (TPSA) is 24.5 Å². The summed E-state index contributed by atoms with van der Waals surface area (Å²) < 4.78 is 43.3. The number of alkyl halides is 3. The van der Waals surface area contributed by atoms with Crippen molar-refractivity contribution in [2.24, 2.45) is 5.92 Å². The molecule has 0 spiro atoms. The minimum Gasteiger partial charge on any atom is -0.374 e. The van der Waals surface area contributed by atoms with Crippen LogP contribution in [0.2, 0.25) is 0 Å². The predicted octanol–water partition coefficient (Wildman–Crippen LogP) is 2.03. The van der Waals surface area contributed by atoms with Gasteiger partial charge in [0.2, 0.25) is 0 Å². The lowest BCUT2D eigenvalue weighted by Gasteiger charge is -2.34. The van der Waals surface area contributed by atoms with Gasteiger partial charge in [-0.3, -0.25) is 0 Å². The van der Waals surface area contributed by atoms with E-state index in [1.807, 2.05) is 0 Å². The van der Waals surface area contributed by atoms with Crippen molar-refractivity contribution < 1.29 is 17.9 Å². The normalized spacial score (nSPS) is 34.4. The summed E-state index contributed by atoms with van der Waals surface area (Å²) in [6, 6.07) is 0.217. The fourth-order valence-corrected chi connectivity index (χ4v) is 2.91. The molecule has 2 rings (SSSR count). The Labute approximate surface area is 112 Å². The molecule has 1 saturated carbocycles. The van der Waals surface area contributed by atoms with Gasteiger partial charge in [0, 0.05) is 25.7 Å². The third kappa shape index (κ3) is 4.61. The molecule has 0 radical (unpaired) electrons. The van der Waals surface area contributed by atoms with Crippen molar-refractivity contribution in [2.45, 2.75) is 44.0 Å². The summed E-state index contributed by atoms with van der Waals surface area (Å²) in [4.78, 5) is 2.22. The number of hydrogen-bond acceptors (Lipinski definition) is 3. The number of likely N-dealkylation sites (N-methyl/N-ethyl adjacent to an activating group) is 1. The summed E-state index contributed by atoms with van der Waals surface area (Å²) in [5, 5.41) is 3.36.